The molecule has 1 aliphatic rings. The zero-order valence-electron chi connectivity index (χ0n) is 17.7. The van der Waals surface area contributed by atoms with Gasteiger partial charge in [-0.25, -0.2) is 19.3 Å². The van der Waals surface area contributed by atoms with Crippen LogP contribution < -0.4 is 10.1 Å². The second kappa shape index (κ2) is 9.40. The van der Waals surface area contributed by atoms with Gasteiger partial charge in [-0.05, 0) is 38.4 Å². The molecule has 1 saturated heterocycles. The fraction of sp³-hybridized carbons (Fsp3) is 0.381. The summed E-state index contributed by atoms with van der Waals surface area (Å²) in [5, 5.41) is 3.63. The lowest BCUT2D eigenvalue weighted by Crippen LogP contribution is -2.25. The molecule has 0 spiro atoms. The molecule has 0 aliphatic carbocycles. The van der Waals surface area contributed by atoms with Crippen LogP contribution in [0, 0.1) is 5.82 Å². The van der Waals surface area contributed by atoms with Crippen molar-refractivity contribution in [2.75, 3.05) is 19.0 Å². The third kappa shape index (κ3) is 5.20. The Morgan fingerprint density at radius 3 is 2.70 bits per heavy atom. The maximum atomic E-state index is 14.6. The molecule has 0 amide bonds. The number of anilines is 2. The van der Waals surface area contributed by atoms with E-state index in [9.17, 15) is 17.6 Å². The lowest BCUT2D eigenvalue weighted by atomic mass is 10.0. The van der Waals surface area contributed by atoms with E-state index in [1.165, 1.54) is 23.7 Å². The molecule has 0 bridgehead atoms. The second-order valence-corrected chi connectivity index (χ2v) is 9.11. The Bertz CT molecular complexity index is 1160. The first-order valence-electron chi connectivity index (χ1n) is 10.1. The monoisotopic (exact) mass is 501 g/mol. The van der Waals surface area contributed by atoms with Gasteiger partial charge in [-0.2, -0.15) is 13.2 Å². The van der Waals surface area contributed by atoms with E-state index in [0.717, 1.165) is 38.6 Å². The van der Waals surface area contributed by atoms with Crippen LogP contribution in [0.1, 0.15) is 30.2 Å². The van der Waals surface area contributed by atoms with Crippen LogP contribution in [-0.2, 0) is 12.7 Å². The Hall–Kier alpha value is -2.50. The maximum absolute atomic E-state index is 14.6. The predicted molar refractivity (Wildman–Crippen MR) is 118 cm³/mol. The highest BCUT2D eigenvalue weighted by molar-refractivity contribution is 7.16. The molecule has 0 radical (unpaired) electrons. The van der Waals surface area contributed by atoms with Crippen molar-refractivity contribution in [2.24, 2.45) is 0 Å². The van der Waals surface area contributed by atoms with E-state index in [1.807, 2.05) is 0 Å². The van der Waals surface area contributed by atoms with Gasteiger partial charge in [0, 0.05) is 29.1 Å². The molecule has 1 aliphatic heterocycles. The van der Waals surface area contributed by atoms with Crippen LogP contribution in [-0.4, -0.2) is 39.5 Å². The van der Waals surface area contributed by atoms with E-state index in [1.54, 1.807) is 0 Å². The number of nitrogens with zero attached hydrogens (tertiary/aromatic N) is 4. The summed E-state index contributed by atoms with van der Waals surface area (Å²) in [5.41, 5.74) is -0.896. The van der Waals surface area contributed by atoms with E-state index < -0.39 is 23.3 Å². The SMILES string of the molecule is COc1c(F)cc(-c2nc(Nc3cc(Cl)ncn3)sc2CN2CCC[C@H]2C)cc1C(F)(F)F. The molecule has 1 fully saturated rings. The summed E-state index contributed by atoms with van der Waals surface area (Å²) < 4.78 is 60.1. The average Bonchev–Trinajstić information content (AvgIpc) is 3.33. The molecule has 12 heteroatoms. The number of hydrogen-bond donors (Lipinski definition) is 1. The smallest absolute Gasteiger partial charge is 0.420 e. The first kappa shape index (κ1) is 23.7. The first-order chi connectivity index (χ1) is 15.7. The van der Waals surface area contributed by atoms with Gasteiger partial charge in [-0.3, -0.25) is 4.90 Å². The van der Waals surface area contributed by atoms with Crippen molar-refractivity contribution in [3.8, 4) is 17.0 Å². The quantitative estimate of drug-likeness (QED) is 0.323. The largest absolute Gasteiger partial charge is 0.493 e. The van der Waals surface area contributed by atoms with E-state index in [0.29, 0.717) is 28.4 Å². The lowest BCUT2D eigenvalue weighted by molar-refractivity contribution is -0.139. The molecule has 6 nitrogen and oxygen atoms in total. The van der Waals surface area contributed by atoms with Crippen LogP contribution in [0.15, 0.2) is 24.5 Å². The Kier molecular flexibility index (Phi) is 6.73. The molecule has 33 heavy (non-hydrogen) atoms. The number of halogens is 5. The van der Waals surface area contributed by atoms with Gasteiger partial charge < -0.3 is 10.1 Å². The van der Waals surface area contributed by atoms with Crippen molar-refractivity contribution in [3.05, 3.63) is 45.9 Å². The molecule has 3 heterocycles. The van der Waals surface area contributed by atoms with Crippen LogP contribution in [0.25, 0.3) is 11.3 Å². The Balaban J connectivity index is 1.78. The maximum Gasteiger partial charge on any atom is 0.420 e. The third-order valence-electron chi connectivity index (χ3n) is 5.43. The fourth-order valence-electron chi connectivity index (χ4n) is 3.81. The molecule has 0 saturated carbocycles. The Morgan fingerprint density at radius 2 is 2.06 bits per heavy atom. The van der Waals surface area contributed by atoms with Crippen molar-refractivity contribution in [1.29, 1.82) is 0 Å². The number of likely N-dealkylation sites (tertiary alicyclic amines) is 1. The molecular weight excluding hydrogens is 482 g/mol. The molecule has 4 rings (SSSR count). The normalized spacial score (nSPS) is 16.9. The molecule has 3 aromatic rings. The summed E-state index contributed by atoms with van der Waals surface area (Å²) in [6, 6.07) is 3.72. The molecule has 176 valence electrons. The van der Waals surface area contributed by atoms with Crippen molar-refractivity contribution in [1.82, 2.24) is 19.9 Å². The first-order valence-corrected chi connectivity index (χ1v) is 11.3. The number of ether oxygens (including phenoxy) is 1. The van der Waals surface area contributed by atoms with Crippen LogP contribution in [0.5, 0.6) is 5.75 Å². The minimum atomic E-state index is -4.79. The average molecular weight is 502 g/mol. The molecule has 1 N–H and O–H groups in total. The van der Waals surface area contributed by atoms with Gasteiger partial charge >= 0.3 is 6.18 Å². The molecular formula is C21H20ClF4N5OS. The highest BCUT2D eigenvalue weighted by Gasteiger charge is 2.37. The minimum absolute atomic E-state index is 0.0208. The summed E-state index contributed by atoms with van der Waals surface area (Å²) in [6.07, 6.45) is -1.44. The van der Waals surface area contributed by atoms with Crippen molar-refractivity contribution < 1.29 is 22.3 Å². The van der Waals surface area contributed by atoms with Gasteiger partial charge in [0.2, 0.25) is 0 Å². The van der Waals surface area contributed by atoms with E-state index in [-0.39, 0.29) is 16.4 Å². The molecule has 2 aromatic heterocycles. The molecule has 0 unspecified atom stereocenters. The standard InChI is InChI=1S/C21H20ClF4N5OS/c1-11-4-3-5-31(11)9-15-18(30-20(33-15)29-17-8-16(22)27-10-28-17)12-6-13(21(24,25)26)19(32-2)14(23)7-12/h6-8,10-11H,3-5,9H2,1-2H3,(H,27,28,29,30)/t11-/m1/s1. The van der Waals surface area contributed by atoms with Crippen molar-refractivity contribution in [3.63, 3.8) is 0 Å². The summed E-state index contributed by atoms with van der Waals surface area (Å²) in [5.74, 6) is -1.56. The van der Waals surface area contributed by atoms with E-state index >= 15 is 0 Å². The van der Waals surface area contributed by atoms with Gasteiger partial charge in [0.05, 0.1) is 12.8 Å². The van der Waals surface area contributed by atoms with Crippen LogP contribution >= 0.6 is 22.9 Å². The Morgan fingerprint density at radius 1 is 1.27 bits per heavy atom. The Labute approximate surface area is 196 Å². The van der Waals surface area contributed by atoms with Crippen LogP contribution in [0.4, 0.5) is 28.5 Å². The number of nitrogens with one attached hydrogen (secondary N) is 1. The van der Waals surface area contributed by atoms with Gasteiger partial charge in [0.25, 0.3) is 0 Å². The number of alkyl halides is 3. The van der Waals surface area contributed by atoms with Gasteiger partial charge in [0.15, 0.2) is 16.7 Å². The highest BCUT2D eigenvalue weighted by atomic mass is 35.5. The summed E-state index contributed by atoms with van der Waals surface area (Å²) in [4.78, 5) is 15.3. The number of rotatable bonds is 6. The molecule has 1 atom stereocenters. The highest BCUT2D eigenvalue weighted by Crippen LogP contribution is 2.42. The summed E-state index contributed by atoms with van der Waals surface area (Å²) in [6.45, 7) is 3.45. The number of methoxy groups -OCH3 is 1. The van der Waals surface area contributed by atoms with Crippen LogP contribution in [0.3, 0.4) is 0 Å². The fourth-order valence-corrected chi connectivity index (χ4v) is 4.97. The number of thiazole rings is 1. The number of benzene rings is 1. The van der Waals surface area contributed by atoms with Crippen molar-refractivity contribution in [2.45, 2.75) is 38.5 Å². The lowest BCUT2D eigenvalue weighted by Gasteiger charge is -2.20. The zero-order valence-corrected chi connectivity index (χ0v) is 19.3. The van der Waals surface area contributed by atoms with Gasteiger partial charge in [-0.1, -0.05) is 22.9 Å². The van der Waals surface area contributed by atoms with Gasteiger partial charge in [-0.15, -0.1) is 0 Å². The topological polar surface area (TPSA) is 63.2 Å². The van der Waals surface area contributed by atoms with E-state index in [4.69, 9.17) is 11.6 Å². The predicted octanol–water partition coefficient (Wildman–Crippen LogP) is 6.15. The number of hydrogen-bond acceptors (Lipinski definition) is 7. The summed E-state index contributed by atoms with van der Waals surface area (Å²) in [7, 11) is 1.01. The summed E-state index contributed by atoms with van der Waals surface area (Å²) >= 11 is 7.17. The number of aromatic nitrogens is 3. The zero-order chi connectivity index (χ0) is 23.8. The van der Waals surface area contributed by atoms with E-state index in [2.05, 4.69) is 36.8 Å². The van der Waals surface area contributed by atoms with Crippen molar-refractivity contribution >= 4 is 33.9 Å². The second-order valence-electron chi connectivity index (χ2n) is 7.64. The minimum Gasteiger partial charge on any atom is -0.493 e. The third-order valence-corrected chi connectivity index (χ3v) is 6.59. The van der Waals surface area contributed by atoms with Crippen LogP contribution in [0.2, 0.25) is 5.15 Å². The molecule has 1 aromatic carbocycles. The van der Waals surface area contributed by atoms with Gasteiger partial charge in [0.1, 0.15) is 22.9 Å².